The van der Waals surface area contributed by atoms with Crippen LogP contribution in [0.1, 0.15) is 10.4 Å². The number of hydrogen-bond donors (Lipinski definition) is 0. The van der Waals surface area contributed by atoms with Crippen LogP contribution in [0.3, 0.4) is 0 Å². The normalized spacial score (nSPS) is 20.3. The number of carbonyl (C=O) groups excluding carboxylic acids is 1. The SMILES string of the molecule is COC1CN(c2ccccc2)CCN1CCN1COc2ccccc2C1=O. The molecule has 1 saturated heterocycles. The van der Waals surface area contributed by atoms with Gasteiger partial charge in [0, 0.05) is 39.0 Å². The van der Waals surface area contributed by atoms with Gasteiger partial charge in [0.2, 0.25) is 0 Å². The minimum atomic E-state index is 0.00653. The van der Waals surface area contributed by atoms with E-state index in [0.29, 0.717) is 24.6 Å². The summed E-state index contributed by atoms with van der Waals surface area (Å²) in [5.41, 5.74) is 1.86. The maximum atomic E-state index is 12.7. The molecule has 1 atom stereocenters. The molecular formula is C21H25N3O3. The largest absolute Gasteiger partial charge is 0.472 e. The van der Waals surface area contributed by atoms with Crippen molar-refractivity contribution in [2.45, 2.75) is 6.23 Å². The Balaban J connectivity index is 1.36. The number of ether oxygens (including phenoxy) is 2. The number of benzene rings is 2. The second kappa shape index (κ2) is 7.98. The van der Waals surface area contributed by atoms with E-state index in [1.807, 2.05) is 30.3 Å². The molecule has 0 bridgehead atoms. The Morgan fingerprint density at radius 1 is 1.04 bits per heavy atom. The van der Waals surface area contributed by atoms with E-state index in [4.69, 9.17) is 9.47 Å². The Morgan fingerprint density at radius 2 is 1.81 bits per heavy atom. The fourth-order valence-electron chi connectivity index (χ4n) is 3.70. The number of piperazine rings is 1. The van der Waals surface area contributed by atoms with E-state index in [1.165, 1.54) is 5.69 Å². The van der Waals surface area contributed by atoms with Crippen LogP contribution in [-0.4, -0.2) is 68.5 Å². The molecule has 6 nitrogen and oxygen atoms in total. The Hall–Kier alpha value is -2.57. The summed E-state index contributed by atoms with van der Waals surface area (Å²) >= 11 is 0. The minimum absolute atomic E-state index is 0.00653. The van der Waals surface area contributed by atoms with Crippen LogP contribution >= 0.6 is 0 Å². The molecule has 4 rings (SSSR count). The average Bonchev–Trinajstić information content (AvgIpc) is 2.74. The van der Waals surface area contributed by atoms with Crippen LogP contribution in [0.4, 0.5) is 5.69 Å². The number of fused-ring (bicyclic) bond motifs is 1. The quantitative estimate of drug-likeness (QED) is 0.811. The molecule has 2 heterocycles. The number of para-hydroxylation sites is 2. The Bertz CT molecular complexity index is 783. The van der Waals surface area contributed by atoms with E-state index in [0.717, 1.165) is 26.2 Å². The number of amides is 1. The fourth-order valence-corrected chi connectivity index (χ4v) is 3.70. The maximum Gasteiger partial charge on any atom is 0.260 e. The molecule has 1 unspecified atom stereocenters. The summed E-state index contributed by atoms with van der Waals surface area (Å²) in [6.07, 6.45) is 0.00653. The summed E-state index contributed by atoms with van der Waals surface area (Å²) in [6, 6.07) is 17.8. The lowest BCUT2D eigenvalue weighted by Crippen LogP contribution is -2.56. The Kier molecular flexibility index (Phi) is 5.27. The van der Waals surface area contributed by atoms with Crippen LogP contribution < -0.4 is 9.64 Å². The van der Waals surface area contributed by atoms with Crippen molar-refractivity contribution in [3.05, 3.63) is 60.2 Å². The molecule has 0 aliphatic carbocycles. The summed E-state index contributed by atoms with van der Waals surface area (Å²) in [5.74, 6) is 0.707. The van der Waals surface area contributed by atoms with E-state index in [9.17, 15) is 4.79 Å². The van der Waals surface area contributed by atoms with Crippen LogP contribution in [0.25, 0.3) is 0 Å². The number of methoxy groups -OCH3 is 1. The lowest BCUT2D eigenvalue weighted by Gasteiger charge is -2.42. The van der Waals surface area contributed by atoms with Gasteiger partial charge in [0.1, 0.15) is 12.0 Å². The summed E-state index contributed by atoms with van der Waals surface area (Å²) in [7, 11) is 1.75. The zero-order valence-electron chi connectivity index (χ0n) is 15.6. The van der Waals surface area contributed by atoms with E-state index in [-0.39, 0.29) is 12.1 Å². The third-order valence-corrected chi connectivity index (χ3v) is 5.27. The van der Waals surface area contributed by atoms with Gasteiger partial charge < -0.3 is 19.3 Å². The van der Waals surface area contributed by atoms with Gasteiger partial charge in [-0.2, -0.15) is 0 Å². The van der Waals surface area contributed by atoms with Crippen LogP contribution in [0, 0.1) is 0 Å². The highest BCUT2D eigenvalue weighted by atomic mass is 16.5. The second-order valence-corrected chi connectivity index (χ2v) is 6.85. The van der Waals surface area contributed by atoms with Crippen LogP contribution in [-0.2, 0) is 4.74 Å². The van der Waals surface area contributed by atoms with Gasteiger partial charge in [-0.3, -0.25) is 9.69 Å². The van der Waals surface area contributed by atoms with Gasteiger partial charge in [-0.15, -0.1) is 0 Å². The molecule has 0 spiro atoms. The van der Waals surface area contributed by atoms with Gasteiger partial charge in [0.05, 0.1) is 12.1 Å². The number of carbonyl (C=O) groups is 1. The minimum Gasteiger partial charge on any atom is -0.472 e. The third-order valence-electron chi connectivity index (χ3n) is 5.27. The molecule has 0 radical (unpaired) electrons. The van der Waals surface area contributed by atoms with Crippen molar-refractivity contribution in [3.8, 4) is 5.75 Å². The van der Waals surface area contributed by atoms with Gasteiger partial charge >= 0.3 is 0 Å². The number of nitrogens with zero attached hydrogens (tertiary/aromatic N) is 3. The standard InChI is InChI=1S/C21H25N3O3/c1-26-20-15-23(17-7-3-2-4-8-17)13-11-22(20)12-14-24-16-27-19-10-6-5-9-18(19)21(24)25/h2-10,20H,11-16H2,1H3. The molecule has 0 N–H and O–H groups in total. The average molecular weight is 367 g/mol. The van der Waals surface area contributed by atoms with Gasteiger partial charge in [0.15, 0.2) is 6.73 Å². The van der Waals surface area contributed by atoms with Crippen molar-refractivity contribution < 1.29 is 14.3 Å². The molecule has 2 aromatic rings. The van der Waals surface area contributed by atoms with Gasteiger partial charge in [-0.1, -0.05) is 30.3 Å². The highest BCUT2D eigenvalue weighted by Crippen LogP contribution is 2.24. The van der Waals surface area contributed by atoms with Crippen molar-refractivity contribution in [2.75, 3.05) is 51.5 Å². The molecule has 0 aromatic heterocycles. The van der Waals surface area contributed by atoms with Gasteiger partial charge in [-0.25, -0.2) is 0 Å². The smallest absolute Gasteiger partial charge is 0.260 e. The summed E-state index contributed by atoms with van der Waals surface area (Å²) in [5, 5.41) is 0. The van der Waals surface area contributed by atoms with Crippen molar-refractivity contribution >= 4 is 11.6 Å². The topological polar surface area (TPSA) is 45.2 Å². The molecule has 2 aliphatic heterocycles. The molecular weight excluding hydrogens is 342 g/mol. The second-order valence-electron chi connectivity index (χ2n) is 6.85. The molecule has 142 valence electrons. The van der Waals surface area contributed by atoms with E-state index in [2.05, 4.69) is 34.1 Å². The lowest BCUT2D eigenvalue weighted by atomic mass is 10.1. The molecule has 1 fully saturated rings. The highest BCUT2D eigenvalue weighted by Gasteiger charge is 2.29. The van der Waals surface area contributed by atoms with Crippen LogP contribution in [0.5, 0.6) is 5.75 Å². The van der Waals surface area contributed by atoms with Crippen LogP contribution in [0.15, 0.2) is 54.6 Å². The molecule has 6 heteroatoms. The first kappa shape index (κ1) is 17.8. The Morgan fingerprint density at radius 3 is 2.63 bits per heavy atom. The molecule has 2 aliphatic rings. The molecule has 1 amide bonds. The summed E-state index contributed by atoms with van der Waals surface area (Å²) in [6.45, 7) is 4.34. The Labute approximate surface area is 159 Å². The zero-order valence-corrected chi connectivity index (χ0v) is 15.6. The molecule has 27 heavy (non-hydrogen) atoms. The predicted molar refractivity (Wildman–Crippen MR) is 104 cm³/mol. The first-order chi connectivity index (χ1) is 13.3. The van der Waals surface area contributed by atoms with E-state index < -0.39 is 0 Å². The van der Waals surface area contributed by atoms with Crippen molar-refractivity contribution in [3.63, 3.8) is 0 Å². The number of hydrogen-bond acceptors (Lipinski definition) is 5. The number of anilines is 1. The summed E-state index contributed by atoms with van der Waals surface area (Å²) in [4.78, 5) is 19.1. The number of rotatable bonds is 5. The highest BCUT2D eigenvalue weighted by molar-refractivity contribution is 5.97. The third kappa shape index (κ3) is 3.77. The first-order valence-electron chi connectivity index (χ1n) is 9.34. The van der Waals surface area contributed by atoms with Crippen molar-refractivity contribution in [1.29, 1.82) is 0 Å². The summed E-state index contributed by atoms with van der Waals surface area (Å²) < 4.78 is 11.4. The van der Waals surface area contributed by atoms with Gasteiger partial charge in [0.25, 0.3) is 5.91 Å². The van der Waals surface area contributed by atoms with Crippen molar-refractivity contribution in [1.82, 2.24) is 9.80 Å². The fraction of sp³-hybridized carbons (Fsp3) is 0.381. The monoisotopic (exact) mass is 367 g/mol. The van der Waals surface area contributed by atoms with Gasteiger partial charge in [-0.05, 0) is 24.3 Å². The zero-order chi connectivity index (χ0) is 18.6. The molecule has 0 saturated carbocycles. The lowest BCUT2D eigenvalue weighted by molar-refractivity contribution is -0.0424. The first-order valence-corrected chi connectivity index (χ1v) is 9.34. The van der Waals surface area contributed by atoms with E-state index >= 15 is 0 Å². The maximum absolute atomic E-state index is 12.7. The van der Waals surface area contributed by atoms with E-state index in [1.54, 1.807) is 12.0 Å². The molecule has 2 aromatic carbocycles. The van der Waals surface area contributed by atoms with Crippen molar-refractivity contribution in [2.24, 2.45) is 0 Å². The predicted octanol–water partition coefficient (Wildman–Crippen LogP) is 2.27. The van der Waals surface area contributed by atoms with Crippen LogP contribution in [0.2, 0.25) is 0 Å².